The Hall–Kier alpha value is -0.160. The summed E-state index contributed by atoms with van der Waals surface area (Å²) < 4.78 is 0. The molecule has 0 aromatic carbocycles. The number of β-amino-alcohol motifs (C(OH)–C–C–N with tert-alkyl or cyclic N) is 2. The molecule has 0 unspecified atom stereocenters. The van der Waals surface area contributed by atoms with Crippen molar-refractivity contribution >= 4 is 0 Å². The molecular weight excluding hydrogens is 170 g/mol. The van der Waals surface area contributed by atoms with Gasteiger partial charge in [0.15, 0.2) is 0 Å². The second kappa shape index (κ2) is 5.54. The maximum absolute atomic E-state index is 9.24. The molecular formula is C9H19NO3. The summed E-state index contributed by atoms with van der Waals surface area (Å²) in [6, 6.07) is 0. The van der Waals surface area contributed by atoms with Gasteiger partial charge in [0.1, 0.15) is 0 Å². The largest absolute Gasteiger partial charge is 0.396 e. The fraction of sp³-hybridized carbons (Fsp3) is 1.00. The second-order valence-electron chi connectivity index (χ2n) is 3.68. The highest BCUT2D eigenvalue weighted by molar-refractivity contribution is 4.82. The molecule has 0 saturated carbocycles. The molecule has 0 amide bonds. The van der Waals surface area contributed by atoms with Gasteiger partial charge in [-0.2, -0.15) is 0 Å². The number of rotatable bonds is 5. The maximum atomic E-state index is 9.24. The number of aliphatic hydroxyl groups excluding tert-OH is 3. The van der Waals surface area contributed by atoms with Crippen LogP contribution in [0.15, 0.2) is 0 Å². The lowest BCUT2D eigenvalue weighted by atomic mass is 10.2. The first kappa shape index (κ1) is 10.9. The molecule has 78 valence electrons. The van der Waals surface area contributed by atoms with E-state index in [1.807, 2.05) is 0 Å². The average Bonchev–Trinajstić information content (AvgIpc) is 2.41. The molecule has 1 saturated heterocycles. The van der Waals surface area contributed by atoms with Crippen LogP contribution in [0.25, 0.3) is 0 Å². The summed E-state index contributed by atoms with van der Waals surface area (Å²) >= 11 is 0. The van der Waals surface area contributed by atoms with Crippen LogP contribution in [0.2, 0.25) is 0 Å². The van der Waals surface area contributed by atoms with Crippen molar-refractivity contribution in [3.05, 3.63) is 0 Å². The third kappa shape index (κ3) is 3.60. The van der Waals surface area contributed by atoms with Crippen molar-refractivity contribution in [2.45, 2.75) is 31.5 Å². The van der Waals surface area contributed by atoms with Gasteiger partial charge in [0.2, 0.25) is 0 Å². The molecule has 4 nitrogen and oxygen atoms in total. The summed E-state index contributed by atoms with van der Waals surface area (Å²) in [6.07, 6.45) is 1.74. The van der Waals surface area contributed by atoms with Gasteiger partial charge in [-0.25, -0.2) is 0 Å². The Morgan fingerprint density at radius 2 is 1.62 bits per heavy atom. The van der Waals surface area contributed by atoms with E-state index >= 15 is 0 Å². The van der Waals surface area contributed by atoms with Crippen LogP contribution in [-0.2, 0) is 0 Å². The number of hydrogen-bond acceptors (Lipinski definition) is 4. The summed E-state index contributed by atoms with van der Waals surface area (Å²) in [5.41, 5.74) is 0. The van der Waals surface area contributed by atoms with Gasteiger partial charge in [-0.3, -0.25) is 4.90 Å². The van der Waals surface area contributed by atoms with Crippen LogP contribution in [-0.4, -0.2) is 58.7 Å². The molecule has 0 aliphatic carbocycles. The molecule has 1 heterocycles. The first-order valence-corrected chi connectivity index (χ1v) is 4.93. The number of hydrogen-bond donors (Lipinski definition) is 3. The minimum Gasteiger partial charge on any atom is -0.396 e. The van der Waals surface area contributed by atoms with Crippen molar-refractivity contribution in [2.75, 3.05) is 26.2 Å². The Kier molecular flexibility index (Phi) is 4.66. The summed E-state index contributed by atoms with van der Waals surface area (Å²) in [4.78, 5) is 2.06. The zero-order valence-electron chi connectivity index (χ0n) is 7.89. The van der Waals surface area contributed by atoms with Crippen LogP contribution >= 0.6 is 0 Å². The Balaban J connectivity index is 2.03. The smallest absolute Gasteiger partial charge is 0.0938 e. The summed E-state index contributed by atoms with van der Waals surface area (Å²) in [6.45, 7) is 2.33. The van der Waals surface area contributed by atoms with Crippen molar-refractivity contribution in [2.24, 2.45) is 0 Å². The van der Waals surface area contributed by atoms with Crippen LogP contribution in [0.3, 0.4) is 0 Å². The minimum absolute atomic E-state index is 0.255. The molecule has 1 aliphatic rings. The molecule has 13 heavy (non-hydrogen) atoms. The molecule has 0 spiro atoms. The fourth-order valence-electron chi connectivity index (χ4n) is 1.65. The zero-order valence-corrected chi connectivity index (χ0v) is 7.89. The Morgan fingerprint density at radius 1 is 1.00 bits per heavy atom. The monoisotopic (exact) mass is 189 g/mol. The van der Waals surface area contributed by atoms with Gasteiger partial charge in [-0.15, -0.1) is 0 Å². The molecule has 0 bridgehead atoms. The van der Waals surface area contributed by atoms with E-state index in [0.29, 0.717) is 13.1 Å². The van der Waals surface area contributed by atoms with Crippen LogP contribution in [0, 0.1) is 0 Å². The average molecular weight is 189 g/mol. The highest BCUT2D eigenvalue weighted by Crippen LogP contribution is 2.10. The number of likely N-dealkylation sites (tertiary alicyclic amines) is 1. The molecule has 2 atom stereocenters. The summed E-state index contributed by atoms with van der Waals surface area (Å²) in [7, 11) is 0. The van der Waals surface area contributed by atoms with E-state index < -0.39 is 12.2 Å². The number of unbranched alkanes of at least 4 members (excludes halogenated alkanes) is 2. The van der Waals surface area contributed by atoms with Gasteiger partial charge >= 0.3 is 0 Å². The summed E-state index contributed by atoms with van der Waals surface area (Å²) in [5.74, 6) is 0. The topological polar surface area (TPSA) is 63.9 Å². The van der Waals surface area contributed by atoms with Gasteiger partial charge in [-0.1, -0.05) is 0 Å². The Morgan fingerprint density at radius 3 is 2.15 bits per heavy atom. The van der Waals surface area contributed by atoms with E-state index in [4.69, 9.17) is 5.11 Å². The van der Waals surface area contributed by atoms with Crippen molar-refractivity contribution in [3.8, 4) is 0 Å². The van der Waals surface area contributed by atoms with E-state index in [1.165, 1.54) is 0 Å². The molecule has 1 rings (SSSR count). The standard InChI is InChI=1S/C9H19NO3/c11-5-3-1-2-4-10-6-8(12)9(13)7-10/h8-9,11-13H,1-7H2/t8-,9+. The summed E-state index contributed by atoms with van der Waals surface area (Å²) in [5, 5.41) is 27.0. The van der Waals surface area contributed by atoms with Crippen molar-refractivity contribution in [1.29, 1.82) is 0 Å². The maximum Gasteiger partial charge on any atom is 0.0938 e. The first-order valence-electron chi connectivity index (χ1n) is 4.93. The molecule has 4 heteroatoms. The Labute approximate surface area is 78.8 Å². The SMILES string of the molecule is OCCCCCN1C[C@@H](O)[C@@H](O)C1. The molecule has 0 aromatic rings. The van der Waals surface area contributed by atoms with Gasteiger partial charge in [0.25, 0.3) is 0 Å². The number of aliphatic hydroxyl groups is 3. The van der Waals surface area contributed by atoms with Gasteiger partial charge in [-0.05, 0) is 25.8 Å². The van der Waals surface area contributed by atoms with Crippen molar-refractivity contribution in [3.63, 3.8) is 0 Å². The third-order valence-corrected chi connectivity index (χ3v) is 2.47. The van der Waals surface area contributed by atoms with Crippen LogP contribution in [0.4, 0.5) is 0 Å². The normalized spacial score (nSPS) is 29.8. The van der Waals surface area contributed by atoms with Crippen LogP contribution < -0.4 is 0 Å². The van der Waals surface area contributed by atoms with Crippen molar-refractivity contribution in [1.82, 2.24) is 4.90 Å². The second-order valence-corrected chi connectivity index (χ2v) is 3.68. The molecule has 1 fully saturated rings. The fourth-order valence-corrected chi connectivity index (χ4v) is 1.65. The lowest BCUT2D eigenvalue weighted by molar-refractivity contribution is 0.0572. The predicted octanol–water partition coefficient (Wildman–Crippen LogP) is -0.814. The molecule has 0 aromatic heterocycles. The Bertz CT molecular complexity index is 133. The van der Waals surface area contributed by atoms with E-state index in [0.717, 1.165) is 25.8 Å². The minimum atomic E-state index is -0.571. The van der Waals surface area contributed by atoms with E-state index in [-0.39, 0.29) is 6.61 Å². The van der Waals surface area contributed by atoms with Crippen LogP contribution in [0.1, 0.15) is 19.3 Å². The van der Waals surface area contributed by atoms with Crippen LogP contribution in [0.5, 0.6) is 0 Å². The van der Waals surface area contributed by atoms with Gasteiger partial charge < -0.3 is 15.3 Å². The third-order valence-electron chi connectivity index (χ3n) is 2.47. The molecule has 1 aliphatic heterocycles. The lowest BCUT2D eigenvalue weighted by Gasteiger charge is -2.13. The number of nitrogens with zero attached hydrogens (tertiary/aromatic N) is 1. The van der Waals surface area contributed by atoms with Crippen molar-refractivity contribution < 1.29 is 15.3 Å². The zero-order chi connectivity index (χ0) is 9.68. The van der Waals surface area contributed by atoms with E-state index in [9.17, 15) is 10.2 Å². The highest BCUT2D eigenvalue weighted by Gasteiger charge is 2.28. The van der Waals surface area contributed by atoms with E-state index in [1.54, 1.807) is 0 Å². The van der Waals surface area contributed by atoms with E-state index in [2.05, 4.69) is 4.90 Å². The highest BCUT2D eigenvalue weighted by atomic mass is 16.3. The first-order chi connectivity index (χ1) is 6.24. The molecule has 3 N–H and O–H groups in total. The van der Waals surface area contributed by atoms with Gasteiger partial charge in [0, 0.05) is 19.7 Å². The quantitative estimate of drug-likeness (QED) is 0.495. The molecule has 0 radical (unpaired) electrons. The lowest BCUT2D eigenvalue weighted by Crippen LogP contribution is -2.23. The predicted molar refractivity (Wildman–Crippen MR) is 49.4 cm³/mol. The van der Waals surface area contributed by atoms with Gasteiger partial charge in [0.05, 0.1) is 12.2 Å².